The fourth-order valence-corrected chi connectivity index (χ4v) is 5.11. The third kappa shape index (κ3) is 3.55. The first kappa shape index (κ1) is 22.6. The summed E-state index contributed by atoms with van der Waals surface area (Å²) in [6.45, 7) is 2.48. The molecule has 1 aliphatic carbocycles. The van der Waals surface area contributed by atoms with Crippen LogP contribution in [0.2, 0.25) is 0 Å². The normalized spacial score (nSPS) is 12.2. The maximum absolute atomic E-state index is 14.1. The predicted molar refractivity (Wildman–Crippen MR) is 146 cm³/mol. The quantitative estimate of drug-likeness (QED) is 0.281. The van der Waals surface area contributed by atoms with Gasteiger partial charge in [-0.3, -0.25) is 9.59 Å². The number of hydrogen-bond acceptors (Lipinski definition) is 4. The summed E-state index contributed by atoms with van der Waals surface area (Å²) in [5.41, 5.74) is 12.2. The number of aromatic nitrogens is 1. The number of carbonyl (C=O) groups excluding carboxylic acids is 2. The summed E-state index contributed by atoms with van der Waals surface area (Å²) in [4.78, 5) is 28.2. The highest BCUT2D eigenvalue weighted by atomic mass is 16.5. The van der Waals surface area contributed by atoms with Crippen LogP contribution in [0.3, 0.4) is 0 Å². The third-order valence-corrected chi connectivity index (χ3v) is 6.70. The largest absolute Gasteiger partial charge is 0.494 e. The van der Waals surface area contributed by atoms with Crippen LogP contribution in [-0.2, 0) is 0 Å². The highest BCUT2D eigenvalue weighted by molar-refractivity contribution is 6.32. The minimum Gasteiger partial charge on any atom is -0.494 e. The smallest absolute Gasteiger partial charge is 0.196 e. The average Bonchev–Trinajstić information content (AvgIpc) is 3.29. The molecule has 6 rings (SSSR count). The molecule has 5 heteroatoms. The molecule has 5 nitrogen and oxygen atoms in total. The zero-order valence-electron chi connectivity index (χ0n) is 20.3. The van der Waals surface area contributed by atoms with E-state index < -0.39 is 0 Å². The summed E-state index contributed by atoms with van der Waals surface area (Å²) in [6, 6.07) is 31.8. The lowest BCUT2D eigenvalue weighted by Crippen LogP contribution is -2.20. The highest BCUT2D eigenvalue weighted by Crippen LogP contribution is 2.45. The Morgan fingerprint density at radius 1 is 0.649 bits per heavy atom. The molecule has 1 aromatic heterocycles. The summed E-state index contributed by atoms with van der Waals surface area (Å²) in [7, 11) is 0. The molecule has 0 unspecified atom stereocenters. The van der Waals surface area contributed by atoms with E-state index in [0.29, 0.717) is 51.6 Å². The molecule has 37 heavy (non-hydrogen) atoms. The number of rotatable bonds is 5. The fraction of sp³-hybridized carbons (Fsp3) is 0.0625. The lowest BCUT2D eigenvalue weighted by Gasteiger charge is -2.17. The maximum Gasteiger partial charge on any atom is 0.196 e. The Balaban J connectivity index is 1.77. The van der Waals surface area contributed by atoms with Crippen LogP contribution in [0, 0.1) is 0 Å². The number of anilines is 1. The fourth-order valence-electron chi connectivity index (χ4n) is 5.11. The van der Waals surface area contributed by atoms with Crippen molar-refractivity contribution in [3.8, 4) is 34.0 Å². The molecule has 4 aromatic carbocycles. The molecule has 1 aliphatic rings. The van der Waals surface area contributed by atoms with Gasteiger partial charge in [0, 0.05) is 11.1 Å². The molecule has 5 aromatic rings. The summed E-state index contributed by atoms with van der Waals surface area (Å²) in [5.74, 6) is 0.373. The third-order valence-electron chi connectivity index (χ3n) is 6.70. The monoisotopic (exact) mass is 484 g/mol. The van der Waals surface area contributed by atoms with Crippen molar-refractivity contribution in [3.63, 3.8) is 0 Å². The summed E-state index contributed by atoms with van der Waals surface area (Å²) in [6.07, 6.45) is 0. The lowest BCUT2D eigenvalue weighted by atomic mass is 9.83. The Morgan fingerprint density at radius 3 is 1.73 bits per heavy atom. The molecule has 0 radical (unpaired) electrons. The van der Waals surface area contributed by atoms with Crippen LogP contribution in [0.4, 0.5) is 5.69 Å². The number of ketones is 2. The van der Waals surface area contributed by atoms with E-state index in [1.54, 1.807) is 24.3 Å². The van der Waals surface area contributed by atoms with Crippen LogP contribution < -0.4 is 10.5 Å². The van der Waals surface area contributed by atoms with Gasteiger partial charge in [0.2, 0.25) is 0 Å². The molecule has 0 saturated heterocycles. The number of nitrogens with two attached hydrogens (primary N) is 1. The van der Waals surface area contributed by atoms with Crippen molar-refractivity contribution in [3.05, 3.63) is 125 Å². The van der Waals surface area contributed by atoms with Gasteiger partial charge < -0.3 is 15.0 Å². The maximum atomic E-state index is 14.1. The van der Waals surface area contributed by atoms with Gasteiger partial charge in [-0.2, -0.15) is 0 Å². The van der Waals surface area contributed by atoms with Crippen molar-refractivity contribution in [1.29, 1.82) is 0 Å². The average molecular weight is 485 g/mol. The van der Waals surface area contributed by atoms with Gasteiger partial charge in [0.1, 0.15) is 5.75 Å². The van der Waals surface area contributed by atoms with Crippen molar-refractivity contribution < 1.29 is 14.3 Å². The molecule has 0 aliphatic heterocycles. The summed E-state index contributed by atoms with van der Waals surface area (Å²) < 4.78 is 7.62. The van der Waals surface area contributed by atoms with E-state index in [9.17, 15) is 9.59 Å². The molecule has 0 saturated carbocycles. The molecular formula is C32H24N2O3. The van der Waals surface area contributed by atoms with Gasteiger partial charge in [0.25, 0.3) is 0 Å². The second kappa shape index (κ2) is 8.95. The molecule has 0 spiro atoms. The molecule has 180 valence electrons. The number of benzene rings is 4. The number of para-hydroxylation sites is 2. The SMILES string of the molecule is CCOc1ccc(-c2c3c(c(-c4ccccc4)n2-c2ccccc2N)C(=O)c2ccccc2C3=O)cc1. The topological polar surface area (TPSA) is 74.3 Å². The van der Waals surface area contributed by atoms with E-state index in [2.05, 4.69) is 0 Å². The van der Waals surface area contributed by atoms with E-state index in [-0.39, 0.29) is 11.6 Å². The van der Waals surface area contributed by atoms with Crippen LogP contribution in [0.15, 0.2) is 103 Å². The Bertz CT molecular complexity index is 1660. The van der Waals surface area contributed by atoms with Gasteiger partial charge in [0.05, 0.1) is 40.5 Å². The number of hydrogen-bond donors (Lipinski definition) is 1. The summed E-state index contributed by atoms with van der Waals surface area (Å²) >= 11 is 0. The van der Waals surface area contributed by atoms with Crippen LogP contribution in [-0.4, -0.2) is 22.7 Å². The molecule has 0 bridgehead atoms. The first-order chi connectivity index (χ1) is 18.1. The molecule has 2 N–H and O–H groups in total. The summed E-state index contributed by atoms with van der Waals surface area (Å²) in [5, 5.41) is 0. The number of carbonyl (C=O) groups is 2. The zero-order chi connectivity index (χ0) is 25.5. The Hall–Kier alpha value is -4.90. The number of nitrogen functional groups attached to an aromatic ring is 1. The van der Waals surface area contributed by atoms with Gasteiger partial charge in [-0.25, -0.2) is 0 Å². The minimum atomic E-state index is -0.181. The number of ether oxygens (including phenoxy) is 1. The van der Waals surface area contributed by atoms with E-state index in [4.69, 9.17) is 10.5 Å². The van der Waals surface area contributed by atoms with E-state index in [1.807, 2.05) is 90.4 Å². The van der Waals surface area contributed by atoms with Crippen molar-refractivity contribution in [1.82, 2.24) is 4.57 Å². The molecule has 1 heterocycles. The lowest BCUT2D eigenvalue weighted by molar-refractivity contribution is 0.0981. The second-order valence-corrected chi connectivity index (χ2v) is 8.87. The Morgan fingerprint density at radius 2 is 1.16 bits per heavy atom. The Kier molecular flexibility index (Phi) is 5.46. The van der Waals surface area contributed by atoms with Crippen molar-refractivity contribution >= 4 is 17.3 Å². The van der Waals surface area contributed by atoms with E-state index >= 15 is 0 Å². The highest BCUT2D eigenvalue weighted by Gasteiger charge is 2.39. The first-order valence-electron chi connectivity index (χ1n) is 12.2. The molecule has 0 fully saturated rings. The molecule has 0 atom stereocenters. The predicted octanol–water partition coefficient (Wildman–Crippen LogP) is 6.57. The van der Waals surface area contributed by atoms with Gasteiger partial charge >= 0.3 is 0 Å². The minimum absolute atomic E-state index is 0.176. The Labute approximate surface area is 214 Å². The first-order valence-corrected chi connectivity index (χ1v) is 12.2. The molecular weight excluding hydrogens is 460 g/mol. The van der Waals surface area contributed by atoms with Crippen molar-refractivity contribution in [2.45, 2.75) is 6.92 Å². The van der Waals surface area contributed by atoms with Crippen molar-refractivity contribution in [2.75, 3.05) is 12.3 Å². The zero-order valence-corrected chi connectivity index (χ0v) is 20.3. The van der Waals surface area contributed by atoms with Crippen LogP contribution in [0.25, 0.3) is 28.2 Å². The van der Waals surface area contributed by atoms with Crippen LogP contribution in [0.5, 0.6) is 5.75 Å². The van der Waals surface area contributed by atoms with Crippen molar-refractivity contribution in [2.24, 2.45) is 0 Å². The van der Waals surface area contributed by atoms with Gasteiger partial charge in [-0.1, -0.05) is 66.7 Å². The van der Waals surface area contributed by atoms with E-state index in [1.165, 1.54) is 0 Å². The van der Waals surface area contributed by atoms with Gasteiger partial charge in [0.15, 0.2) is 11.6 Å². The van der Waals surface area contributed by atoms with E-state index in [0.717, 1.165) is 16.9 Å². The second-order valence-electron chi connectivity index (χ2n) is 8.87. The van der Waals surface area contributed by atoms with Gasteiger partial charge in [-0.15, -0.1) is 0 Å². The van der Waals surface area contributed by atoms with Crippen LogP contribution in [0.1, 0.15) is 38.8 Å². The number of fused-ring (bicyclic) bond motifs is 2. The molecule has 0 amide bonds. The van der Waals surface area contributed by atoms with Crippen LogP contribution >= 0.6 is 0 Å². The van der Waals surface area contributed by atoms with Gasteiger partial charge in [-0.05, 0) is 54.4 Å². The standard InChI is InChI=1S/C32H24N2O3/c1-2-37-22-18-16-21(17-19-22)30-28-27(31(35)23-12-6-7-13-24(23)32(28)36)29(20-10-4-3-5-11-20)34(30)26-15-9-8-14-25(26)33/h3-19H,2,33H2,1H3. The number of nitrogens with zero attached hydrogens (tertiary/aromatic N) is 1.